The largest absolute Gasteiger partial charge is 0.0686 e. The van der Waals surface area contributed by atoms with Gasteiger partial charge < -0.3 is 0 Å². The third kappa shape index (κ3) is 7.32. The molecule has 2 atom stereocenters. The molecule has 0 fully saturated rings. The molecule has 0 aromatic rings. The van der Waals surface area contributed by atoms with E-state index in [9.17, 15) is 0 Å². The van der Waals surface area contributed by atoms with Crippen molar-refractivity contribution in [3.63, 3.8) is 0 Å². The van der Waals surface area contributed by atoms with Gasteiger partial charge in [-0.05, 0) is 20.6 Å². The van der Waals surface area contributed by atoms with E-state index in [4.69, 9.17) is 0 Å². The van der Waals surface area contributed by atoms with E-state index < -0.39 is 0 Å². The molecule has 4 heteroatoms. The van der Waals surface area contributed by atoms with Crippen LogP contribution in [0.4, 0.5) is 0 Å². The van der Waals surface area contributed by atoms with Crippen LogP contribution in [0.25, 0.3) is 0 Å². The molecule has 0 saturated carbocycles. The Balaban J connectivity index is 5.10. The summed E-state index contributed by atoms with van der Waals surface area (Å²) in [6.07, 6.45) is 0. The smallest absolute Gasteiger partial charge is 0.0135 e. The summed E-state index contributed by atoms with van der Waals surface area (Å²) in [6.45, 7) is 29.5. The molecule has 122 valence electrons. The molecule has 0 aromatic heterocycles. The fraction of sp³-hybridized carbons (Fsp3) is 1.00. The monoisotopic (exact) mass is 354 g/mol. The van der Waals surface area contributed by atoms with Crippen LogP contribution in [-0.4, -0.2) is 20.6 Å². The third-order valence-electron chi connectivity index (χ3n) is 2.96. The molecule has 0 aliphatic carbocycles. The predicted molar refractivity (Wildman–Crippen MR) is 109 cm³/mol. The van der Waals surface area contributed by atoms with Crippen molar-refractivity contribution in [2.45, 2.75) is 104 Å². The summed E-state index contributed by atoms with van der Waals surface area (Å²) < 4.78 is 0. The molecule has 0 aliphatic heterocycles. The third-order valence-corrected chi connectivity index (χ3v) is 26.2. The van der Waals surface area contributed by atoms with Crippen molar-refractivity contribution in [2.75, 3.05) is 0 Å². The zero-order chi connectivity index (χ0) is 16.6. The van der Waals surface area contributed by atoms with Gasteiger partial charge in [-0.15, -0.1) is 0 Å². The van der Waals surface area contributed by atoms with Gasteiger partial charge in [0.15, 0.2) is 0 Å². The van der Waals surface area contributed by atoms with Crippen LogP contribution in [0.1, 0.15) is 83.1 Å². The Labute approximate surface area is 135 Å². The molecule has 0 aliphatic rings. The topological polar surface area (TPSA) is 0 Å². The highest BCUT2D eigenvalue weighted by molar-refractivity contribution is 8.66. The standard InChI is InChI=1S/C16H38P4/c1-13(2,3)19(14(4,5)6)17-18-20(15(7,8)9)16(10,11)12/h17-18H,1-12H3. The molecule has 2 unspecified atom stereocenters. The second-order valence-corrected chi connectivity index (χ2v) is 24.8. The molecule has 0 amide bonds. The van der Waals surface area contributed by atoms with Crippen molar-refractivity contribution in [2.24, 2.45) is 0 Å². The summed E-state index contributed by atoms with van der Waals surface area (Å²) in [5.74, 6) is 0. The van der Waals surface area contributed by atoms with Gasteiger partial charge in [0.25, 0.3) is 0 Å². The molecule has 0 nitrogen and oxygen atoms in total. The summed E-state index contributed by atoms with van der Waals surface area (Å²) in [5, 5.41) is 1.93. The van der Waals surface area contributed by atoms with Crippen LogP contribution in [0.2, 0.25) is 0 Å². The van der Waals surface area contributed by atoms with Crippen LogP contribution in [0.5, 0.6) is 0 Å². The van der Waals surface area contributed by atoms with Crippen molar-refractivity contribution in [1.82, 2.24) is 0 Å². The molecule has 0 radical (unpaired) electrons. The molecule has 0 N–H and O–H groups in total. The Morgan fingerprint density at radius 1 is 0.400 bits per heavy atom. The fourth-order valence-electron chi connectivity index (χ4n) is 2.78. The molecular weight excluding hydrogens is 316 g/mol. The first kappa shape index (κ1) is 21.7. The van der Waals surface area contributed by atoms with Crippen molar-refractivity contribution < 1.29 is 0 Å². The highest BCUT2D eigenvalue weighted by atomic mass is 32.6. The maximum Gasteiger partial charge on any atom is -0.0135 e. The van der Waals surface area contributed by atoms with Crippen LogP contribution in [-0.2, 0) is 0 Å². The molecule has 0 spiro atoms. The first-order valence-electron chi connectivity index (χ1n) is 7.59. The minimum atomic E-state index is 0.0867. The Kier molecular flexibility index (Phi) is 7.70. The molecular formula is C16H38P4. The van der Waals surface area contributed by atoms with Gasteiger partial charge in [-0.3, -0.25) is 0 Å². The molecule has 0 rings (SSSR count). The number of hydrogen-bond donors (Lipinski definition) is 0. The first-order valence-corrected chi connectivity index (χ1v) is 15.0. The normalized spacial score (nSPS) is 16.5. The first-order chi connectivity index (χ1) is 8.47. The Morgan fingerprint density at radius 3 is 0.650 bits per heavy atom. The van der Waals surface area contributed by atoms with Gasteiger partial charge in [0.1, 0.15) is 0 Å². The quantitative estimate of drug-likeness (QED) is 0.448. The minimum Gasteiger partial charge on any atom is -0.0686 e. The minimum absolute atomic E-state index is 0.0867. The average molecular weight is 354 g/mol. The lowest BCUT2D eigenvalue weighted by molar-refractivity contribution is 0.719. The summed E-state index contributed by atoms with van der Waals surface area (Å²) in [5.41, 5.74) is 0. The van der Waals surface area contributed by atoms with Crippen LogP contribution >= 0.6 is 31.1 Å². The van der Waals surface area contributed by atoms with Gasteiger partial charge in [0, 0.05) is 0 Å². The van der Waals surface area contributed by atoms with E-state index in [0.717, 1.165) is 0 Å². The zero-order valence-electron chi connectivity index (χ0n) is 15.9. The van der Waals surface area contributed by atoms with Crippen LogP contribution in [0, 0.1) is 0 Å². The second kappa shape index (κ2) is 7.09. The summed E-state index contributed by atoms with van der Waals surface area (Å²) in [7, 11) is 2.52. The van der Waals surface area contributed by atoms with Crippen LogP contribution in [0.3, 0.4) is 0 Å². The Bertz CT molecular complexity index is 236. The average Bonchev–Trinajstić information content (AvgIpc) is 2.02. The highest BCUT2D eigenvalue weighted by Gasteiger charge is 2.38. The second-order valence-electron chi connectivity index (χ2n) is 9.58. The van der Waals surface area contributed by atoms with Gasteiger partial charge in [-0.25, -0.2) is 0 Å². The predicted octanol–water partition coefficient (Wildman–Crippen LogP) is 8.25. The van der Waals surface area contributed by atoms with Crippen LogP contribution < -0.4 is 0 Å². The van der Waals surface area contributed by atoms with Gasteiger partial charge in [-0.2, -0.15) is 0 Å². The van der Waals surface area contributed by atoms with E-state index in [-0.39, 0.29) is 15.2 Å². The maximum absolute atomic E-state index is 2.46. The summed E-state index contributed by atoms with van der Waals surface area (Å²) in [6, 6.07) is 0. The van der Waals surface area contributed by atoms with E-state index in [0.29, 0.717) is 20.6 Å². The van der Waals surface area contributed by atoms with Gasteiger partial charge >= 0.3 is 0 Å². The maximum atomic E-state index is 2.46. The Hall–Kier alpha value is 1.72. The lowest BCUT2D eigenvalue weighted by Gasteiger charge is -2.46. The van der Waals surface area contributed by atoms with Gasteiger partial charge in [0.05, 0.1) is 0 Å². The van der Waals surface area contributed by atoms with E-state index in [2.05, 4.69) is 83.1 Å². The zero-order valence-corrected chi connectivity index (χ0v) is 19.7. The molecule has 0 saturated heterocycles. The molecule has 0 heterocycles. The number of rotatable bonds is 3. The van der Waals surface area contributed by atoms with Crippen LogP contribution in [0.15, 0.2) is 0 Å². The van der Waals surface area contributed by atoms with Gasteiger partial charge in [-0.1, -0.05) is 114 Å². The van der Waals surface area contributed by atoms with E-state index in [1.807, 2.05) is 0 Å². The molecule has 0 aromatic carbocycles. The summed E-state index contributed by atoms with van der Waals surface area (Å²) >= 11 is 0. The fourth-order valence-corrected chi connectivity index (χ4v) is 32.2. The molecule has 0 bridgehead atoms. The van der Waals surface area contributed by atoms with E-state index in [1.165, 1.54) is 15.9 Å². The van der Waals surface area contributed by atoms with Crippen molar-refractivity contribution in [1.29, 1.82) is 0 Å². The lowest BCUT2D eigenvalue weighted by Crippen LogP contribution is -2.23. The SMILES string of the molecule is CC(C)(C)P(PPP(C(C)(C)C)C(C)(C)C)C(C)(C)C. The van der Waals surface area contributed by atoms with Gasteiger partial charge in [0.2, 0.25) is 0 Å². The highest BCUT2D eigenvalue weighted by Crippen LogP contribution is 2.88. The Morgan fingerprint density at radius 2 is 0.550 bits per heavy atom. The lowest BCUT2D eigenvalue weighted by atomic mass is 10.2. The van der Waals surface area contributed by atoms with Crippen molar-refractivity contribution in [3.05, 3.63) is 0 Å². The van der Waals surface area contributed by atoms with E-state index in [1.54, 1.807) is 0 Å². The van der Waals surface area contributed by atoms with Crippen molar-refractivity contribution in [3.8, 4) is 0 Å². The summed E-state index contributed by atoms with van der Waals surface area (Å²) in [4.78, 5) is 0. The van der Waals surface area contributed by atoms with E-state index >= 15 is 0 Å². The molecule has 20 heavy (non-hydrogen) atoms. The number of hydrogen-bond acceptors (Lipinski definition) is 0. The van der Waals surface area contributed by atoms with Crippen molar-refractivity contribution >= 4 is 31.1 Å².